The summed E-state index contributed by atoms with van der Waals surface area (Å²) in [5.41, 5.74) is -0.831. The van der Waals surface area contributed by atoms with Gasteiger partial charge in [-0.15, -0.1) is 0 Å². The zero-order valence-corrected chi connectivity index (χ0v) is 22.4. The molecule has 1 amide bonds. The first-order valence-electron chi connectivity index (χ1n) is 13.8. The van der Waals surface area contributed by atoms with Crippen molar-refractivity contribution in [1.29, 1.82) is 0 Å². The van der Waals surface area contributed by atoms with Gasteiger partial charge in [-0.3, -0.25) is 4.79 Å². The van der Waals surface area contributed by atoms with Gasteiger partial charge < -0.3 is 19.6 Å². The number of benzene rings is 3. The van der Waals surface area contributed by atoms with Crippen molar-refractivity contribution in [1.82, 2.24) is 9.80 Å². The summed E-state index contributed by atoms with van der Waals surface area (Å²) in [5.74, 6) is 0.0469. The van der Waals surface area contributed by atoms with Gasteiger partial charge in [-0.1, -0.05) is 72.8 Å². The highest BCUT2D eigenvalue weighted by Gasteiger charge is 2.45. The van der Waals surface area contributed by atoms with E-state index in [1.807, 2.05) is 65.6 Å². The third-order valence-electron chi connectivity index (χ3n) is 8.41. The number of halogens is 3. The number of morpholine rings is 1. The normalized spacial score (nSPS) is 18.4. The lowest BCUT2D eigenvalue weighted by atomic mass is 9.70. The average molecular weight is 553 g/mol. The molecule has 0 aromatic heterocycles. The molecule has 8 heteroatoms. The number of likely N-dealkylation sites (tertiary alicyclic amines) is 1. The van der Waals surface area contributed by atoms with Crippen LogP contribution in [0.3, 0.4) is 0 Å². The lowest BCUT2D eigenvalue weighted by Gasteiger charge is -2.42. The minimum Gasteiger partial charge on any atom is -0.385 e. The first-order chi connectivity index (χ1) is 19.2. The predicted octanol–water partition coefficient (Wildman–Crippen LogP) is 5.22. The molecular weight excluding hydrogens is 517 g/mol. The summed E-state index contributed by atoms with van der Waals surface area (Å²) in [6, 6.07) is 24.7. The molecule has 0 spiro atoms. The zero-order valence-electron chi connectivity index (χ0n) is 22.4. The summed E-state index contributed by atoms with van der Waals surface area (Å²) in [6.07, 6.45) is -3.30. The van der Waals surface area contributed by atoms with E-state index in [9.17, 15) is 23.1 Å². The first kappa shape index (κ1) is 28.3. The monoisotopic (exact) mass is 552 g/mol. The van der Waals surface area contributed by atoms with E-state index in [-0.39, 0.29) is 5.91 Å². The lowest BCUT2D eigenvalue weighted by molar-refractivity contribution is -0.140. The molecule has 2 fully saturated rings. The molecule has 5 rings (SSSR count). The van der Waals surface area contributed by atoms with E-state index >= 15 is 0 Å². The molecule has 0 radical (unpaired) electrons. The fraction of sp³-hybridized carbons (Fsp3) is 0.406. The lowest BCUT2D eigenvalue weighted by Crippen LogP contribution is -2.53. The molecule has 0 bridgehead atoms. The standard InChI is InChI=1S/C32H35F3N2O3/c33-32(34,35)28-13-7-12-27(24-28)30(39)14-17-36(18-15-30)19-16-31(25-8-3-1-4-9-25,26-10-5-2-6-11-26)29(38)37-20-22-40-23-21-37/h1-13,24,39H,14-23H2. The summed E-state index contributed by atoms with van der Waals surface area (Å²) < 4.78 is 45.4. The molecule has 2 aliphatic heterocycles. The topological polar surface area (TPSA) is 53.0 Å². The Morgan fingerprint density at radius 1 is 0.800 bits per heavy atom. The van der Waals surface area contributed by atoms with Crippen LogP contribution in [0.15, 0.2) is 84.9 Å². The van der Waals surface area contributed by atoms with Crippen LogP contribution in [0.5, 0.6) is 0 Å². The second kappa shape index (κ2) is 11.7. The van der Waals surface area contributed by atoms with Crippen molar-refractivity contribution in [2.45, 2.75) is 36.5 Å². The number of piperidine rings is 1. The number of alkyl halides is 3. The maximum absolute atomic E-state index is 14.4. The maximum Gasteiger partial charge on any atom is 0.416 e. The number of carbonyl (C=O) groups is 1. The highest BCUT2D eigenvalue weighted by atomic mass is 19.4. The minimum atomic E-state index is -4.46. The predicted molar refractivity (Wildman–Crippen MR) is 147 cm³/mol. The van der Waals surface area contributed by atoms with E-state index in [0.29, 0.717) is 70.8 Å². The number of hydrogen-bond donors (Lipinski definition) is 1. The highest BCUT2D eigenvalue weighted by molar-refractivity contribution is 5.92. The molecule has 0 unspecified atom stereocenters. The van der Waals surface area contributed by atoms with Gasteiger partial charge >= 0.3 is 6.18 Å². The van der Waals surface area contributed by atoms with E-state index in [1.54, 1.807) is 6.07 Å². The maximum atomic E-state index is 14.4. The van der Waals surface area contributed by atoms with Crippen LogP contribution in [0, 0.1) is 0 Å². The van der Waals surface area contributed by atoms with Gasteiger partial charge in [0, 0.05) is 26.2 Å². The fourth-order valence-corrected chi connectivity index (χ4v) is 6.04. The van der Waals surface area contributed by atoms with Gasteiger partial charge in [0.15, 0.2) is 0 Å². The SMILES string of the molecule is O=C(N1CCOCC1)C(CCN1CCC(O)(c2cccc(C(F)(F)F)c2)CC1)(c1ccccc1)c1ccccc1. The number of amides is 1. The van der Waals surface area contributed by atoms with Gasteiger partial charge in [-0.05, 0) is 54.6 Å². The van der Waals surface area contributed by atoms with Crippen molar-refractivity contribution < 1.29 is 27.8 Å². The van der Waals surface area contributed by atoms with Crippen LogP contribution in [0.4, 0.5) is 13.2 Å². The summed E-state index contributed by atoms with van der Waals surface area (Å²) in [4.78, 5) is 18.5. The fourth-order valence-electron chi connectivity index (χ4n) is 6.04. The second-order valence-electron chi connectivity index (χ2n) is 10.7. The zero-order chi connectivity index (χ0) is 28.2. The number of nitrogens with zero attached hydrogens (tertiary/aromatic N) is 2. The molecule has 212 valence electrons. The van der Waals surface area contributed by atoms with Gasteiger partial charge in [0.05, 0.1) is 24.4 Å². The summed E-state index contributed by atoms with van der Waals surface area (Å²) >= 11 is 0. The van der Waals surface area contributed by atoms with E-state index in [2.05, 4.69) is 4.90 Å². The second-order valence-corrected chi connectivity index (χ2v) is 10.7. The average Bonchev–Trinajstić information content (AvgIpc) is 2.99. The number of carbonyl (C=O) groups excluding carboxylic acids is 1. The van der Waals surface area contributed by atoms with E-state index in [1.165, 1.54) is 6.07 Å². The molecule has 2 heterocycles. The van der Waals surface area contributed by atoms with Crippen molar-refractivity contribution in [3.05, 3.63) is 107 Å². The molecule has 3 aromatic rings. The molecule has 1 N–H and O–H groups in total. The summed E-state index contributed by atoms with van der Waals surface area (Å²) in [5, 5.41) is 11.3. The Kier molecular flexibility index (Phi) is 8.31. The third kappa shape index (κ3) is 5.80. The molecule has 40 heavy (non-hydrogen) atoms. The van der Waals surface area contributed by atoms with E-state index in [0.717, 1.165) is 23.3 Å². The van der Waals surface area contributed by atoms with Crippen molar-refractivity contribution in [2.75, 3.05) is 45.9 Å². The van der Waals surface area contributed by atoms with Crippen LogP contribution in [0.1, 0.15) is 41.5 Å². The van der Waals surface area contributed by atoms with Crippen molar-refractivity contribution in [3.63, 3.8) is 0 Å². The van der Waals surface area contributed by atoms with E-state index in [4.69, 9.17) is 4.74 Å². The number of hydrogen-bond acceptors (Lipinski definition) is 4. The number of rotatable bonds is 7. The molecule has 3 aromatic carbocycles. The Hall–Kier alpha value is -3.20. The molecule has 5 nitrogen and oxygen atoms in total. The summed E-state index contributed by atoms with van der Waals surface area (Å²) in [6.45, 7) is 3.70. The van der Waals surface area contributed by atoms with Gasteiger partial charge in [-0.2, -0.15) is 13.2 Å². The van der Waals surface area contributed by atoms with Crippen LogP contribution in [0.25, 0.3) is 0 Å². The van der Waals surface area contributed by atoms with Crippen LogP contribution in [0.2, 0.25) is 0 Å². The number of ether oxygens (including phenoxy) is 1. The molecule has 0 atom stereocenters. The highest BCUT2D eigenvalue weighted by Crippen LogP contribution is 2.40. The third-order valence-corrected chi connectivity index (χ3v) is 8.41. The van der Waals surface area contributed by atoms with Crippen LogP contribution < -0.4 is 0 Å². The van der Waals surface area contributed by atoms with Crippen LogP contribution in [-0.4, -0.2) is 66.8 Å². The molecular formula is C32H35F3N2O3. The van der Waals surface area contributed by atoms with Crippen LogP contribution >= 0.6 is 0 Å². The van der Waals surface area contributed by atoms with Crippen LogP contribution in [-0.2, 0) is 26.7 Å². The largest absolute Gasteiger partial charge is 0.416 e. The Labute approximate surface area is 233 Å². The van der Waals surface area contributed by atoms with Crippen molar-refractivity contribution in [3.8, 4) is 0 Å². The van der Waals surface area contributed by atoms with E-state index < -0.39 is 22.8 Å². The summed E-state index contributed by atoms with van der Waals surface area (Å²) in [7, 11) is 0. The van der Waals surface area contributed by atoms with Gasteiger partial charge in [-0.25, -0.2) is 0 Å². The van der Waals surface area contributed by atoms with Gasteiger partial charge in [0.25, 0.3) is 0 Å². The quantitative estimate of drug-likeness (QED) is 0.437. The molecule has 0 aliphatic carbocycles. The smallest absolute Gasteiger partial charge is 0.385 e. The van der Waals surface area contributed by atoms with Gasteiger partial charge in [0.2, 0.25) is 5.91 Å². The minimum absolute atomic E-state index is 0.0469. The van der Waals surface area contributed by atoms with Crippen molar-refractivity contribution in [2.24, 2.45) is 0 Å². The Balaban J connectivity index is 1.39. The Morgan fingerprint density at radius 2 is 1.35 bits per heavy atom. The van der Waals surface area contributed by atoms with Crippen molar-refractivity contribution >= 4 is 5.91 Å². The number of aliphatic hydroxyl groups is 1. The molecule has 0 saturated carbocycles. The first-order valence-corrected chi connectivity index (χ1v) is 13.8. The van der Waals surface area contributed by atoms with Gasteiger partial charge in [0.1, 0.15) is 5.41 Å². The Morgan fingerprint density at radius 3 is 1.90 bits per heavy atom. The Bertz CT molecular complexity index is 1230. The molecule has 2 saturated heterocycles. The molecule has 2 aliphatic rings.